The van der Waals surface area contributed by atoms with Crippen molar-refractivity contribution in [2.75, 3.05) is 12.8 Å². The van der Waals surface area contributed by atoms with E-state index in [0.29, 0.717) is 16.8 Å². The first kappa shape index (κ1) is 12.0. The summed E-state index contributed by atoms with van der Waals surface area (Å²) in [6, 6.07) is 6.81. The Morgan fingerprint density at radius 2 is 1.88 bits per heavy atom. The van der Waals surface area contributed by atoms with Crippen LogP contribution in [0.15, 0.2) is 36.4 Å². The Bertz CT molecular complexity index is 434. The maximum absolute atomic E-state index is 11.6. The number of nitrogen functional groups attached to an aromatic ring is 1. The van der Waals surface area contributed by atoms with Crippen LogP contribution in [0.25, 0.3) is 0 Å². The third kappa shape index (κ3) is 2.48. The van der Waals surface area contributed by atoms with Crippen LogP contribution in [0.4, 0.5) is 5.69 Å². The van der Waals surface area contributed by atoms with E-state index in [1.165, 1.54) is 4.90 Å². The van der Waals surface area contributed by atoms with Gasteiger partial charge in [-0.25, -0.2) is 0 Å². The highest BCUT2D eigenvalue weighted by atomic mass is 16.2. The van der Waals surface area contributed by atoms with E-state index in [1.54, 1.807) is 38.2 Å². The Hall–Kier alpha value is -2.10. The molecule has 0 saturated carbocycles. The van der Waals surface area contributed by atoms with Crippen molar-refractivity contribution < 1.29 is 4.79 Å². The van der Waals surface area contributed by atoms with Crippen molar-refractivity contribution in [2.45, 2.75) is 6.92 Å². The summed E-state index contributed by atoms with van der Waals surface area (Å²) in [4.78, 5) is 12.8. The van der Waals surface area contributed by atoms with Gasteiger partial charge in [-0.15, -0.1) is 0 Å². The van der Waals surface area contributed by atoms with Gasteiger partial charge in [-0.05, 0) is 31.2 Å². The summed E-state index contributed by atoms with van der Waals surface area (Å²) in [5.41, 5.74) is 7.23. The van der Waals surface area contributed by atoms with Gasteiger partial charge in [0, 0.05) is 23.9 Å². The second-order valence-corrected chi connectivity index (χ2v) is 3.62. The third-order valence-electron chi connectivity index (χ3n) is 2.19. The number of amides is 1. The minimum absolute atomic E-state index is 0.132. The van der Waals surface area contributed by atoms with Gasteiger partial charge >= 0.3 is 0 Å². The van der Waals surface area contributed by atoms with Gasteiger partial charge in [-0.3, -0.25) is 15.1 Å². The number of hydrogen-bond donors (Lipinski definition) is 2. The highest BCUT2D eigenvalue weighted by molar-refractivity contribution is 6.10. The van der Waals surface area contributed by atoms with Crippen LogP contribution in [0.3, 0.4) is 0 Å². The summed E-state index contributed by atoms with van der Waals surface area (Å²) < 4.78 is 0. The molecular formula is C12H15N3O. The van der Waals surface area contributed by atoms with Gasteiger partial charge in [0.15, 0.2) is 0 Å². The number of nitrogens with two attached hydrogens (primary N) is 1. The van der Waals surface area contributed by atoms with Gasteiger partial charge in [0.1, 0.15) is 5.84 Å². The van der Waals surface area contributed by atoms with Gasteiger partial charge in [-0.1, -0.05) is 6.58 Å². The zero-order valence-corrected chi connectivity index (χ0v) is 9.45. The number of rotatable bonds is 2. The molecule has 0 aliphatic heterocycles. The van der Waals surface area contributed by atoms with Gasteiger partial charge in [-0.2, -0.15) is 0 Å². The summed E-state index contributed by atoms with van der Waals surface area (Å²) in [5, 5.41) is 7.85. The van der Waals surface area contributed by atoms with Crippen molar-refractivity contribution in [3.05, 3.63) is 42.0 Å². The Kier molecular flexibility index (Phi) is 3.45. The maximum Gasteiger partial charge on any atom is 0.254 e. The van der Waals surface area contributed by atoms with Crippen molar-refractivity contribution in [3.8, 4) is 0 Å². The molecule has 0 bridgehead atoms. The monoisotopic (exact) mass is 217 g/mol. The largest absolute Gasteiger partial charge is 0.399 e. The molecule has 0 aromatic heterocycles. The number of benzene rings is 1. The van der Waals surface area contributed by atoms with Crippen molar-refractivity contribution >= 4 is 17.4 Å². The molecule has 3 N–H and O–H groups in total. The molecule has 84 valence electrons. The van der Waals surface area contributed by atoms with Crippen LogP contribution in [0.2, 0.25) is 0 Å². The van der Waals surface area contributed by atoms with E-state index in [2.05, 4.69) is 6.58 Å². The molecule has 0 spiro atoms. The number of hydrogen-bond acceptors (Lipinski definition) is 3. The molecule has 0 unspecified atom stereocenters. The highest BCUT2D eigenvalue weighted by Crippen LogP contribution is 2.09. The van der Waals surface area contributed by atoms with Crippen LogP contribution < -0.4 is 5.73 Å². The number of nitrogens with zero attached hydrogens (tertiary/aromatic N) is 1. The molecule has 0 aliphatic rings. The summed E-state index contributed by atoms with van der Waals surface area (Å²) in [7, 11) is 1.55. The Labute approximate surface area is 94.9 Å². The standard InChI is InChI=1S/C12H15N3O/c1-8(2)12(16)15(3)11(14)9-4-6-10(13)7-5-9/h4-7,14H,1,13H2,2-3H3. The first-order chi connectivity index (χ1) is 7.43. The lowest BCUT2D eigenvalue weighted by molar-refractivity contribution is -0.122. The van der Waals surface area contributed by atoms with E-state index in [4.69, 9.17) is 11.1 Å². The lowest BCUT2D eigenvalue weighted by Crippen LogP contribution is -2.33. The fraction of sp³-hybridized carbons (Fsp3) is 0.167. The van der Waals surface area contributed by atoms with Crippen molar-refractivity contribution in [3.63, 3.8) is 0 Å². The average molecular weight is 217 g/mol. The van der Waals surface area contributed by atoms with Gasteiger partial charge in [0.25, 0.3) is 5.91 Å². The molecule has 0 saturated heterocycles. The second-order valence-electron chi connectivity index (χ2n) is 3.62. The lowest BCUT2D eigenvalue weighted by Gasteiger charge is -2.18. The maximum atomic E-state index is 11.6. The highest BCUT2D eigenvalue weighted by Gasteiger charge is 2.15. The topological polar surface area (TPSA) is 70.2 Å². The molecule has 4 nitrogen and oxygen atoms in total. The van der Waals surface area contributed by atoms with Crippen LogP contribution in [0.5, 0.6) is 0 Å². The van der Waals surface area contributed by atoms with E-state index in [-0.39, 0.29) is 11.7 Å². The minimum Gasteiger partial charge on any atom is -0.399 e. The van der Waals surface area contributed by atoms with Gasteiger partial charge < -0.3 is 5.73 Å². The van der Waals surface area contributed by atoms with Crippen LogP contribution in [0.1, 0.15) is 12.5 Å². The summed E-state index contributed by atoms with van der Waals surface area (Å²) in [6.45, 7) is 5.18. The minimum atomic E-state index is -0.262. The molecule has 16 heavy (non-hydrogen) atoms. The van der Waals surface area contributed by atoms with E-state index in [1.807, 2.05) is 0 Å². The smallest absolute Gasteiger partial charge is 0.254 e. The fourth-order valence-electron chi connectivity index (χ4n) is 1.22. The van der Waals surface area contributed by atoms with Crippen molar-refractivity contribution in [2.24, 2.45) is 0 Å². The molecule has 0 radical (unpaired) electrons. The van der Waals surface area contributed by atoms with Gasteiger partial charge in [0.2, 0.25) is 0 Å². The number of nitrogens with one attached hydrogen (secondary N) is 1. The number of amidine groups is 1. The average Bonchev–Trinajstić information content (AvgIpc) is 2.27. The fourth-order valence-corrected chi connectivity index (χ4v) is 1.22. The summed E-state index contributed by atoms with van der Waals surface area (Å²) in [5.74, 6) is -0.130. The van der Waals surface area contributed by atoms with Crippen molar-refractivity contribution in [1.29, 1.82) is 5.41 Å². The quantitative estimate of drug-likeness (QED) is 0.342. The molecule has 1 amide bonds. The van der Waals surface area contributed by atoms with E-state index >= 15 is 0 Å². The van der Waals surface area contributed by atoms with Gasteiger partial charge in [0.05, 0.1) is 0 Å². The second kappa shape index (κ2) is 4.61. The lowest BCUT2D eigenvalue weighted by atomic mass is 10.1. The van der Waals surface area contributed by atoms with Crippen LogP contribution in [-0.2, 0) is 4.79 Å². The molecule has 0 aliphatic carbocycles. The number of carbonyl (C=O) groups excluding carboxylic acids is 1. The van der Waals surface area contributed by atoms with E-state index in [9.17, 15) is 4.79 Å². The molecule has 0 fully saturated rings. The number of carbonyl (C=O) groups is 1. The van der Waals surface area contributed by atoms with Crippen LogP contribution in [-0.4, -0.2) is 23.7 Å². The summed E-state index contributed by atoms with van der Waals surface area (Å²) >= 11 is 0. The molecular weight excluding hydrogens is 202 g/mol. The van der Waals surface area contributed by atoms with E-state index in [0.717, 1.165) is 0 Å². The van der Waals surface area contributed by atoms with Crippen LogP contribution in [0, 0.1) is 5.41 Å². The molecule has 4 heteroatoms. The van der Waals surface area contributed by atoms with Crippen LogP contribution >= 0.6 is 0 Å². The zero-order valence-electron chi connectivity index (χ0n) is 9.45. The predicted molar refractivity (Wildman–Crippen MR) is 65.3 cm³/mol. The molecule has 0 atom stereocenters. The summed E-state index contributed by atoms with van der Waals surface area (Å²) in [6.07, 6.45) is 0. The normalized spacial score (nSPS) is 9.62. The molecule has 0 heterocycles. The Morgan fingerprint density at radius 3 is 2.31 bits per heavy atom. The van der Waals surface area contributed by atoms with Crippen molar-refractivity contribution in [1.82, 2.24) is 4.90 Å². The number of anilines is 1. The van der Waals surface area contributed by atoms with E-state index < -0.39 is 0 Å². The Balaban J connectivity index is 2.90. The molecule has 1 rings (SSSR count). The molecule has 1 aromatic carbocycles. The first-order valence-corrected chi connectivity index (χ1v) is 4.81. The molecule has 1 aromatic rings. The first-order valence-electron chi connectivity index (χ1n) is 4.81. The Morgan fingerprint density at radius 1 is 1.38 bits per heavy atom. The SMILES string of the molecule is C=C(C)C(=O)N(C)C(=N)c1ccc(N)cc1. The number of likely N-dealkylation sites (N-methyl/N-ethyl adjacent to an activating group) is 1. The zero-order chi connectivity index (χ0) is 12.3. The third-order valence-corrected chi connectivity index (χ3v) is 2.19. The predicted octanol–water partition coefficient (Wildman–Crippen LogP) is 1.63.